The van der Waals surface area contributed by atoms with Gasteiger partial charge in [0.05, 0.1) is 16.5 Å². The fourth-order valence-electron chi connectivity index (χ4n) is 19.8. The highest BCUT2D eigenvalue weighted by Gasteiger charge is 2.57. The van der Waals surface area contributed by atoms with E-state index in [4.69, 9.17) is 8.83 Å². The number of anilines is 3. The maximum Gasteiger partial charge on any atom is 0.144 e. The van der Waals surface area contributed by atoms with Crippen LogP contribution in [0.25, 0.3) is 122 Å². The molecule has 0 saturated heterocycles. The van der Waals surface area contributed by atoms with Crippen LogP contribution in [0, 0.1) is 0 Å². The van der Waals surface area contributed by atoms with Crippen molar-refractivity contribution >= 4 is 60.9 Å². The third-order valence-electron chi connectivity index (χ3n) is 23.4. The van der Waals surface area contributed by atoms with Gasteiger partial charge in [0.2, 0.25) is 0 Å². The largest absolute Gasteiger partial charge is 0.456 e. The van der Waals surface area contributed by atoms with Crippen LogP contribution in [0.5, 0.6) is 0 Å². The molecule has 0 amide bonds. The molecule has 95 heavy (non-hydrogen) atoms. The predicted molar refractivity (Wildman–Crippen MR) is 389 cm³/mol. The minimum absolute atomic E-state index is 0.280. The lowest BCUT2D eigenvalue weighted by Crippen LogP contribution is -2.27. The SMILES string of the molecule is CC1(C)c2ccccc2-c2c1c1c(c3c2oc2ccccc23)-c2ccc(N(c3ccc4c(c3)C3(c5ccccc5-c5ccccc53)c3cc5c(cc3-4)C3(c4ccccc4-c4ccccc43)c3ccc4oc6ccccc6c4c3-5)c3ccccc3-c3ccccc3)cc2C1(C)C. The summed E-state index contributed by atoms with van der Waals surface area (Å²) in [5.74, 6) is 0. The average Bonchev–Trinajstić information content (AvgIpc) is 1.50. The monoisotopic (exact) mass is 1210 g/mol. The van der Waals surface area contributed by atoms with Crippen molar-refractivity contribution in [3.63, 3.8) is 0 Å². The summed E-state index contributed by atoms with van der Waals surface area (Å²) in [5.41, 5.74) is 38.4. The van der Waals surface area contributed by atoms with Crippen molar-refractivity contribution in [1.82, 2.24) is 0 Å². The zero-order chi connectivity index (χ0) is 62.6. The Morgan fingerprint density at radius 2 is 0.705 bits per heavy atom. The normalized spacial score (nSPS) is 15.5. The molecule has 14 aromatic carbocycles. The molecule has 0 unspecified atom stereocenters. The van der Waals surface area contributed by atoms with Crippen LogP contribution in [0.2, 0.25) is 0 Å². The van der Waals surface area contributed by atoms with Gasteiger partial charge in [0.15, 0.2) is 0 Å². The highest BCUT2D eigenvalue weighted by Crippen LogP contribution is 2.70. The molecule has 0 atom stereocenters. The molecule has 2 heterocycles. The van der Waals surface area contributed by atoms with Crippen molar-refractivity contribution in [2.45, 2.75) is 49.4 Å². The van der Waals surface area contributed by atoms with E-state index in [9.17, 15) is 0 Å². The van der Waals surface area contributed by atoms with E-state index >= 15 is 0 Å². The summed E-state index contributed by atoms with van der Waals surface area (Å²) in [5, 5.41) is 4.67. The number of furan rings is 2. The van der Waals surface area contributed by atoms with Crippen LogP contribution in [-0.2, 0) is 21.7 Å². The topological polar surface area (TPSA) is 29.5 Å². The predicted octanol–water partition coefficient (Wildman–Crippen LogP) is 23.9. The molecule has 6 aliphatic carbocycles. The number of nitrogens with zero attached hydrogens (tertiary/aromatic N) is 1. The quantitative estimate of drug-likeness (QED) is 0.176. The zero-order valence-corrected chi connectivity index (χ0v) is 52.9. The molecule has 0 bridgehead atoms. The van der Waals surface area contributed by atoms with Gasteiger partial charge in [0, 0.05) is 54.9 Å². The summed E-state index contributed by atoms with van der Waals surface area (Å²) in [6.07, 6.45) is 0. The van der Waals surface area contributed by atoms with Gasteiger partial charge in [-0.2, -0.15) is 0 Å². The van der Waals surface area contributed by atoms with E-state index in [-0.39, 0.29) is 5.41 Å². The molecule has 2 spiro atoms. The molecule has 22 rings (SSSR count). The molecule has 6 aliphatic rings. The lowest BCUT2D eigenvalue weighted by molar-refractivity contribution is 0.600. The van der Waals surface area contributed by atoms with Crippen LogP contribution in [0.4, 0.5) is 17.1 Å². The van der Waals surface area contributed by atoms with E-state index < -0.39 is 16.2 Å². The number of hydrogen-bond acceptors (Lipinski definition) is 3. The Hall–Kier alpha value is -11.5. The van der Waals surface area contributed by atoms with Crippen molar-refractivity contribution in [1.29, 1.82) is 0 Å². The third kappa shape index (κ3) is 6.12. The fraction of sp³-hybridized carbons (Fsp3) is 0.0870. The molecule has 444 valence electrons. The summed E-state index contributed by atoms with van der Waals surface area (Å²) in [6.45, 7) is 9.81. The smallest absolute Gasteiger partial charge is 0.144 e. The summed E-state index contributed by atoms with van der Waals surface area (Å²) in [7, 11) is 0. The van der Waals surface area contributed by atoms with E-state index in [2.05, 4.69) is 318 Å². The average molecular weight is 1210 g/mol. The Labute approximate surface area is 550 Å². The van der Waals surface area contributed by atoms with Crippen molar-refractivity contribution in [2.75, 3.05) is 4.90 Å². The van der Waals surface area contributed by atoms with E-state index in [0.717, 1.165) is 61.3 Å². The lowest BCUT2D eigenvalue weighted by atomic mass is 9.68. The molecule has 0 fully saturated rings. The van der Waals surface area contributed by atoms with Crippen LogP contribution < -0.4 is 4.90 Å². The Morgan fingerprint density at radius 3 is 1.36 bits per heavy atom. The van der Waals surface area contributed by atoms with Crippen LogP contribution >= 0.6 is 0 Å². The van der Waals surface area contributed by atoms with Crippen molar-refractivity contribution in [3.8, 4) is 77.9 Å². The first-order valence-corrected chi connectivity index (χ1v) is 33.6. The number of para-hydroxylation sites is 3. The number of rotatable bonds is 4. The van der Waals surface area contributed by atoms with Gasteiger partial charge in [-0.05, 0) is 194 Å². The first kappa shape index (κ1) is 52.0. The molecule has 2 aromatic heterocycles. The van der Waals surface area contributed by atoms with Gasteiger partial charge in [-0.1, -0.05) is 252 Å². The number of fused-ring (bicyclic) bond motifs is 36. The second-order valence-corrected chi connectivity index (χ2v) is 28.4. The molecule has 3 nitrogen and oxygen atoms in total. The Kier molecular flexibility index (Phi) is 9.74. The van der Waals surface area contributed by atoms with Gasteiger partial charge in [-0.15, -0.1) is 0 Å². The Bertz CT molecular complexity index is 6090. The van der Waals surface area contributed by atoms with Gasteiger partial charge in [-0.25, -0.2) is 0 Å². The van der Waals surface area contributed by atoms with Crippen molar-refractivity contribution in [3.05, 3.63) is 352 Å². The molecule has 0 N–H and O–H groups in total. The fourth-order valence-corrected chi connectivity index (χ4v) is 19.8. The summed E-state index contributed by atoms with van der Waals surface area (Å²) < 4.78 is 14.0. The molecule has 0 aliphatic heterocycles. The first-order valence-electron chi connectivity index (χ1n) is 33.6. The maximum absolute atomic E-state index is 7.14. The van der Waals surface area contributed by atoms with Crippen molar-refractivity contribution < 1.29 is 8.83 Å². The van der Waals surface area contributed by atoms with Gasteiger partial charge in [0.25, 0.3) is 0 Å². The zero-order valence-electron chi connectivity index (χ0n) is 52.9. The van der Waals surface area contributed by atoms with E-state index in [1.165, 1.54) is 144 Å². The maximum atomic E-state index is 7.14. The second-order valence-electron chi connectivity index (χ2n) is 28.4. The van der Waals surface area contributed by atoms with Crippen LogP contribution in [0.15, 0.2) is 294 Å². The minimum Gasteiger partial charge on any atom is -0.456 e. The highest BCUT2D eigenvalue weighted by molar-refractivity contribution is 6.21. The van der Waals surface area contributed by atoms with E-state index in [0.29, 0.717) is 0 Å². The van der Waals surface area contributed by atoms with Gasteiger partial charge >= 0.3 is 0 Å². The summed E-state index contributed by atoms with van der Waals surface area (Å²) in [6, 6.07) is 108. The molecule has 0 saturated carbocycles. The van der Waals surface area contributed by atoms with Crippen LogP contribution in [-0.4, -0.2) is 0 Å². The lowest BCUT2D eigenvalue weighted by Gasteiger charge is -2.34. The molecule has 0 radical (unpaired) electrons. The van der Waals surface area contributed by atoms with E-state index in [1.54, 1.807) is 0 Å². The van der Waals surface area contributed by atoms with Gasteiger partial charge < -0.3 is 13.7 Å². The number of benzene rings is 14. The highest BCUT2D eigenvalue weighted by atomic mass is 16.3. The van der Waals surface area contributed by atoms with Crippen molar-refractivity contribution in [2.24, 2.45) is 0 Å². The van der Waals surface area contributed by atoms with Gasteiger partial charge in [0.1, 0.15) is 22.3 Å². The van der Waals surface area contributed by atoms with Crippen LogP contribution in [0.3, 0.4) is 0 Å². The standard InChI is InChI=1S/C92H59NO2/c1-89(2)67-34-16-12-31-61(67)85-87(89)86-83(84-64-33-15-23-41-79(64)95-88(84)85)62-45-43-53(48-73(62)90(86,3)4)93(77-39-21-13-26-55(77)52-24-6-5-7-25-52)54-42-44-60-65-50-76-66(51-75(65)92(74(60)49-54)70-37-19-10-29-58(70)59-30-11-20-38-71(59)92)81-72(46-47-80-82(81)63-32-14-22-40-78(63)94-80)91(76)68-35-17-8-27-56(68)57-28-9-18-36-69(57)91/h5-51H,1-4H3. The number of hydrogen-bond donors (Lipinski definition) is 0. The molecular weight excluding hydrogens is 1150 g/mol. The van der Waals surface area contributed by atoms with Gasteiger partial charge in [-0.3, -0.25) is 0 Å². The Morgan fingerprint density at radius 1 is 0.263 bits per heavy atom. The summed E-state index contributed by atoms with van der Waals surface area (Å²) >= 11 is 0. The first-order chi connectivity index (χ1) is 46.7. The summed E-state index contributed by atoms with van der Waals surface area (Å²) in [4.78, 5) is 2.58. The van der Waals surface area contributed by atoms with Crippen LogP contribution in [0.1, 0.15) is 94.5 Å². The Balaban J connectivity index is 0.829. The minimum atomic E-state index is -0.702. The third-order valence-corrected chi connectivity index (χ3v) is 23.4. The molecular formula is C92H59NO2. The molecule has 16 aromatic rings. The van der Waals surface area contributed by atoms with E-state index in [1.807, 2.05) is 0 Å². The second kappa shape index (κ2) is 17.8. The molecule has 3 heteroatoms.